The molecule has 1 rings (SSSR count). The summed E-state index contributed by atoms with van der Waals surface area (Å²) in [7, 11) is 1.55. The van der Waals surface area contributed by atoms with Crippen LogP contribution in [0.15, 0.2) is 60.4 Å². The van der Waals surface area contributed by atoms with Crippen molar-refractivity contribution in [1.29, 1.82) is 0 Å². The first-order valence-electron chi connectivity index (χ1n) is 7.05. The Labute approximate surface area is 127 Å². The van der Waals surface area contributed by atoms with Crippen molar-refractivity contribution in [3.8, 4) is 0 Å². The van der Waals surface area contributed by atoms with Gasteiger partial charge in [-0.1, -0.05) is 43.8 Å². The molecule has 0 aliphatic carbocycles. The molecule has 0 atom stereocenters. The van der Waals surface area contributed by atoms with Crippen LogP contribution in [0.4, 0.5) is 0 Å². The third-order valence-corrected chi connectivity index (χ3v) is 3.13. The van der Waals surface area contributed by atoms with Gasteiger partial charge in [0.1, 0.15) is 5.76 Å². The largest absolute Gasteiger partial charge is 0.496 e. The average Bonchev–Trinajstić information content (AvgIpc) is 2.53. The molecule has 1 amide bonds. The van der Waals surface area contributed by atoms with E-state index in [-0.39, 0.29) is 5.91 Å². The van der Waals surface area contributed by atoms with Crippen LogP contribution in [0.25, 0.3) is 0 Å². The van der Waals surface area contributed by atoms with Crippen molar-refractivity contribution in [1.82, 2.24) is 5.32 Å². The highest BCUT2D eigenvalue weighted by Gasteiger charge is 2.13. The number of allylic oxidation sites excluding steroid dienone is 3. The summed E-state index contributed by atoms with van der Waals surface area (Å²) < 4.78 is 5.21. The minimum absolute atomic E-state index is 0.174. The Bertz CT molecular complexity index is 556. The van der Waals surface area contributed by atoms with E-state index in [0.717, 1.165) is 12.0 Å². The summed E-state index contributed by atoms with van der Waals surface area (Å²) in [5, 5.41) is 2.91. The molecule has 0 bridgehead atoms. The minimum Gasteiger partial charge on any atom is -0.496 e. The van der Waals surface area contributed by atoms with Crippen LogP contribution >= 0.6 is 0 Å². The van der Waals surface area contributed by atoms with E-state index in [1.165, 1.54) is 5.56 Å². The van der Waals surface area contributed by atoms with Crippen molar-refractivity contribution in [2.45, 2.75) is 26.8 Å². The van der Waals surface area contributed by atoms with E-state index >= 15 is 0 Å². The molecule has 1 N–H and O–H groups in total. The number of ether oxygens (including phenoxy) is 1. The van der Waals surface area contributed by atoms with Crippen molar-refractivity contribution in [3.63, 3.8) is 0 Å². The van der Waals surface area contributed by atoms with Crippen molar-refractivity contribution in [2.75, 3.05) is 7.11 Å². The standard InChI is InChI=1S/C18H23NO2/c1-5-9-16(17(7-3)21-4)18(20)19-13-15-11-8-10-14(6-2)12-15/h5,7-12H,1,6,13H2,2-4H3,(H,19,20)/b16-9+,17-7+. The summed E-state index contributed by atoms with van der Waals surface area (Å²) in [6.07, 6.45) is 5.97. The molecule has 0 aliphatic rings. The number of aryl methyl sites for hydroxylation is 1. The van der Waals surface area contributed by atoms with Crippen molar-refractivity contribution >= 4 is 5.91 Å². The normalized spacial score (nSPS) is 12.0. The van der Waals surface area contributed by atoms with Crippen molar-refractivity contribution in [2.24, 2.45) is 0 Å². The van der Waals surface area contributed by atoms with Crippen molar-refractivity contribution in [3.05, 3.63) is 71.5 Å². The topological polar surface area (TPSA) is 38.3 Å². The molecule has 0 heterocycles. The number of carbonyl (C=O) groups excluding carboxylic acids is 1. The van der Waals surface area contributed by atoms with Gasteiger partial charge in [0, 0.05) is 6.54 Å². The summed E-state index contributed by atoms with van der Waals surface area (Å²) in [5.74, 6) is 0.362. The summed E-state index contributed by atoms with van der Waals surface area (Å²) in [6, 6.07) is 8.19. The van der Waals surface area contributed by atoms with Crippen LogP contribution in [-0.2, 0) is 22.5 Å². The van der Waals surface area contributed by atoms with E-state index in [9.17, 15) is 4.79 Å². The number of methoxy groups -OCH3 is 1. The van der Waals surface area contributed by atoms with E-state index in [1.807, 2.05) is 19.1 Å². The zero-order valence-electron chi connectivity index (χ0n) is 13.0. The van der Waals surface area contributed by atoms with E-state index < -0.39 is 0 Å². The third-order valence-electron chi connectivity index (χ3n) is 3.13. The van der Waals surface area contributed by atoms with Gasteiger partial charge in [0.2, 0.25) is 0 Å². The number of rotatable bonds is 7. The fourth-order valence-electron chi connectivity index (χ4n) is 2.01. The predicted molar refractivity (Wildman–Crippen MR) is 86.7 cm³/mol. The number of hydrogen-bond acceptors (Lipinski definition) is 2. The number of carbonyl (C=O) groups is 1. The molecule has 0 unspecified atom stereocenters. The van der Waals surface area contributed by atoms with Crippen molar-refractivity contribution < 1.29 is 9.53 Å². The molecule has 0 fully saturated rings. The fourth-order valence-corrected chi connectivity index (χ4v) is 2.01. The Kier molecular flexibility index (Phi) is 7.02. The van der Waals surface area contributed by atoms with Crippen LogP contribution in [-0.4, -0.2) is 13.0 Å². The van der Waals surface area contributed by atoms with E-state index in [4.69, 9.17) is 4.74 Å². The lowest BCUT2D eigenvalue weighted by atomic mass is 10.1. The van der Waals surface area contributed by atoms with Gasteiger partial charge >= 0.3 is 0 Å². The van der Waals surface area contributed by atoms with E-state index in [1.54, 1.807) is 25.3 Å². The number of benzene rings is 1. The van der Waals surface area contributed by atoms with Crippen LogP contribution in [0.2, 0.25) is 0 Å². The van der Waals surface area contributed by atoms with E-state index in [0.29, 0.717) is 17.9 Å². The number of hydrogen-bond donors (Lipinski definition) is 1. The summed E-state index contributed by atoms with van der Waals surface area (Å²) in [4.78, 5) is 12.3. The number of nitrogens with one attached hydrogen (secondary N) is 1. The van der Waals surface area contributed by atoms with Gasteiger partial charge in [0.25, 0.3) is 5.91 Å². The molecule has 0 saturated heterocycles. The molecule has 21 heavy (non-hydrogen) atoms. The molecule has 0 saturated carbocycles. The molecular weight excluding hydrogens is 262 g/mol. The highest BCUT2D eigenvalue weighted by atomic mass is 16.5. The van der Waals surface area contributed by atoms with Gasteiger partial charge in [-0.15, -0.1) is 0 Å². The van der Waals surface area contributed by atoms with Gasteiger partial charge in [0.05, 0.1) is 12.7 Å². The highest BCUT2D eigenvalue weighted by molar-refractivity contribution is 5.97. The van der Waals surface area contributed by atoms with Gasteiger partial charge in [-0.25, -0.2) is 0 Å². The maximum absolute atomic E-state index is 12.3. The average molecular weight is 285 g/mol. The second-order valence-electron chi connectivity index (χ2n) is 4.53. The Morgan fingerprint density at radius 2 is 2.10 bits per heavy atom. The zero-order chi connectivity index (χ0) is 15.7. The molecule has 3 heteroatoms. The highest BCUT2D eigenvalue weighted by Crippen LogP contribution is 2.12. The molecule has 1 aromatic carbocycles. The third kappa shape index (κ3) is 4.95. The lowest BCUT2D eigenvalue weighted by molar-refractivity contribution is -0.117. The fraction of sp³-hybridized carbons (Fsp3) is 0.278. The maximum Gasteiger partial charge on any atom is 0.255 e. The molecule has 0 aromatic heterocycles. The molecule has 0 radical (unpaired) electrons. The summed E-state index contributed by atoms with van der Waals surface area (Å²) in [6.45, 7) is 8.06. The van der Waals surface area contributed by atoms with Crippen LogP contribution < -0.4 is 5.32 Å². The zero-order valence-corrected chi connectivity index (χ0v) is 13.0. The Morgan fingerprint density at radius 1 is 1.38 bits per heavy atom. The first kappa shape index (κ1) is 16.8. The van der Waals surface area contributed by atoms with Gasteiger partial charge in [-0.3, -0.25) is 4.79 Å². The summed E-state index contributed by atoms with van der Waals surface area (Å²) >= 11 is 0. The SMILES string of the molecule is C=C/C=C(C(=O)NCc1cccc(CC)c1)\C(=C/C)OC. The second kappa shape index (κ2) is 8.80. The first-order chi connectivity index (χ1) is 10.2. The minimum atomic E-state index is -0.174. The summed E-state index contributed by atoms with van der Waals surface area (Å²) in [5.41, 5.74) is 2.82. The lowest BCUT2D eigenvalue weighted by Crippen LogP contribution is -2.25. The number of amides is 1. The van der Waals surface area contributed by atoms with Gasteiger partial charge in [-0.05, 0) is 36.6 Å². The van der Waals surface area contributed by atoms with Gasteiger partial charge in [-0.2, -0.15) is 0 Å². The molecule has 1 aromatic rings. The molecule has 0 aliphatic heterocycles. The molecular formula is C18H23NO2. The van der Waals surface area contributed by atoms with Gasteiger partial charge in [0.15, 0.2) is 0 Å². The maximum atomic E-state index is 12.3. The molecule has 3 nitrogen and oxygen atoms in total. The van der Waals surface area contributed by atoms with Crippen LogP contribution in [0, 0.1) is 0 Å². The van der Waals surface area contributed by atoms with Crippen LogP contribution in [0.5, 0.6) is 0 Å². The van der Waals surface area contributed by atoms with E-state index in [2.05, 4.69) is 31.0 Å². The Hall–Kier alpha value is -2.29. The second-order valence-corrected chi connectivity index (χ2v) is 4.53. The Balaban J connectivity index is 2.78. The Morgan fingerprint density at radius 3 is 2.67 bits per heavy atom. The van der Waals surface area contributed by atoms with Crippen LogP contribution in [0.1, 0.15) is 25.0 Å². The monoisotopic (exact) mass is 285 g/mol. The molecule has 112 valence electrons. The van der Waals surface area contributed by atoms with Crippen LogP contribution in [0.3, 0.4) is 0 Å². The van der Waals surface area contributed by atoms with Gasteiger partial charge < -0.3 is 10.1 Å². The first-order valence-corrected chi connectivity index (χ1v) is 7.05. The predicted octanol–water partition coefficient (Wildman–Crippen LogP) is 3.53. The quantitative estimate of drug-likeness (QED) is 0.473. The lowest BCUT2D eigenvalue weighted by Gasteiger charge is -2.11. The molecule has 0 spiro atoms. The smallest absolute Gasteiger partial charge is 0.255 e.